The maximum absolute atomic E-state index is 12.0. The minimum absolute atomic E-state index is 0.244. The smallest absolute Gasteiger partial charge is 0.326 e. The Morgan fingerprint density at radius 3 is 2.50 bits per heavy atom. The first-order chi connectivity index (χ1) is 9.38. The number of rotatable bonds is 7. The minimum Gasteiger partial charge on any atom is -0.480 e. The fraction of sp³-hybridized carbons (Fsp3) is 0.846. The number of urea groups is 1. The van der Waals surface area contributed by atoms with Crippen molar-refractivity contribution < 1.29 is 19.8 Å². The minimum atomic E-state index is -1.03. The standard InChI is InChI=1S/C13H24N2O4S/c1-15(9-13(19)6-3-4-7-13)12(18)14-10(11(16)17)5-8-20-2/h10,19H,3-9H2,1-2H3,(H,14,18)(H,16,17)/t10-/m0/s1. The number of carboxylic acids is 1. The summed E-state index contributed by atoms with van der Waals surface area (Å²) < 4.78 is 0. The van der Waals surface area contributed by atoms with Gasteiger partial charge in [-0.05, 0) is 31.3 Å². The van der Waals surface area contributed by atoms with E-state index in [1.807, 2.05) is 6.26 Å². The Labute approximate surface area is 123 Å². The third kappa shape index (κ3) is 5.20. The molecule has 2 amide bonds. The number of carbonyl (C=O) groups excluding carboxylic acids is 1. The van der Waals surface area contributed by atoms with Gasteiger partial charge in [-0.25, -0.2) is 9.59 Å². The van der Waals surface area contributed by atoms with Crippen molar-refractivity contribution in [2.24, 2.45) is 0 Å². The molecule has 7 heteroatoms. The molecule has 0 aliphatic heterocycles. The number of carbonyl (C=O) groups is 2. The fourth-order valence-corrected chi connectivity index (χ4v) is 2.93. The number of hydrogen-bond donors (Lipinski definition) is 3. The van der Waals surface area contributed by atoms with Crippen LogP contribution in [-0.2, 0) is 4.79 Å². The summed E-state index contributed by atoms with van der Waals surface area (Å²) in [4.78, 5) is 24.4. The predicted octanol–water partition coefficient (Wildman–Crippen LogP) is 1.14. The van der Waals surface area contributed by atoms with Gasteiger partial charge in [-0.2, -0.15) is 11.8 Å². The van der Waals surface area contributed by atoms with Gasteiger partial charge in [-0.1, -0.05) is 12.8 Å². The summed E-state index contributed by atoms with van der Waals surface area (Å²) in [7, 11) is 1.58. The molecular formula is C13H24N2O4S. The summed E-state index contributed by atoms with van der Waals surface area (Å²) in [5, 5.41) is 21.8. The molecule has 3 N–H and O–H groups in total. The van der Waals surface area contributed by atoms with Crippen molar-refractivity contribution >= 4 is 23.8 Å². The molecule has 1 saturated carbocycles. The van der Waals surface area contributed by atoms with Crippen molar-refractivity contribution in [1.82, 2.24) is 10.2 Å². The van der Waals surface area contributed by atoms with Crippen molar-refractivity contribution in [3.8, 4) is 0 Å². The van der Waals surface area contributed by atoms with E-state index < -0.39 is 23.6 Å². The van der Waals surface area contributed by atoms with Gasteiger partial charge in [0, 0.05) is 7.05 Å². The zero-order chi connectivity index (χ0) is 15.2. The number of likely N-dealkylation sites (N-methyl/N-ethyl adjacent to an activating group) is 1. The van der Waals surface area contributed by atoms with Crippen LogP contribution in [0.25, 0.3) is 0 Å². The molecule has 0 aromatic rings. The Bertz CT molecular complexity index is 345. The zero-order valence-electron chi connectivity index (χ0n) is 12.1. The van der Waals surface area contributed by atoms with Crippen LogP contribution >= 0.6 is 11.8 Å². The van der Waals surface area contributed by atoms with E-state index in [9.17, 15) is 14.7 Å². The summed E-state index contributed by atoms with van der Waals surface area (Å²) in [6.07, 6.45) is 5.61. The van der Waals surface area contributed by atoms with Crippen LogP contribution < -0.4 is 5.32 Å². The van der Waals surface area contributed by atoms with Gasteiger partial charge in [0.1, 0.15) is 6.04 Å². The maximum atomic E-state index is 12.0. The summed E-state index contributed by atoms with van der Waals surface area (Å²) in [6.45, 7) is 0.244. The highest BCUT2D eigenvalue weighted by Crippen LogP contribution is 2.29. The van der Waals surface area contributed by atoms with Crippen LogP contribution in [0.15, 0.2) is 0 Å². The van der Waals surface area contributed by atoms with E-state index in [0.717, 1.165) is 12.8 Å². The normalized spacial score (nSPS) is 18.6. The Kier molecular flexibility index (Phi) is 6.61. The second kappa shape index (κ2) is 7.73. The molecule has 1 fully saturated rings. The molecule has 0 saturated heterocycles. The number of nitrogens with zero attached hydrogens (tertiary/aromatic N) is 1. The van der Waals surface area contributed by atoms with Crippen molar-refractivity contribution in [3.63, 3.8) is 0 Å². The number of carboxylic acid groups (broad SMARTS) is 1. The van der Waals surface area contributed by atoms with E-state index in [0.29, 0.717) is 25.0 Å². The molecule has 0 aromatic carbocycles. The number of thioether (sulfide) groups is 1. The lowest BCUT2D eigenvalue weighted by Crippen LogP contribution is -2.50. The maximum Gasteiger partial charge on any atom is 0.326 e. The van der Waals surface area contributed by atoms with Crippen molar-refractivity contribution in [3.05, 3.63) is 0 Å². The van der Waals surface area contributed by atoms with E-state index >= 15 is 0 Å². The van der Waals surface area contributed by atoms with Crippen LogP contribution in [0, 0.1) is 0 Å². The number of aliphatic carboxylic acids is 1. The topological polar surface area (TPSA) is 89.9 Å². The molecular weight excluding hydrogens is 280 g/mol. The van der Waals surface area contributed by atoms with Gasteiger partial charge in [0.2, 0.25) is 0 Å². The highest BCUT2D eigenvalue weighted by molar-refractivity contribution is 7.98. The van der Waals surface area contributed by atoms with Crippen LogP contribution in [0.2, 0.25) is 0 Å². The lowest BCUT2D eigenvalue weighted by atomic mass is 10.0. The first kappa shape index (κ1) is 17.1. The molecule has 0 heterocycles. The highest BCUT2D eigenvalue weighted by Gasteiger charge is 2.34. The Balaban J connectivity index is 2.48. The molecule has 0 radical (unpaired) electrons. The number of aliphatic hydroxyl groups is 1. The zero-order valence-corrected chi connectivity index (χ0v) is 12.9. The predicted molar refractivity (Wildman–Crippen MR) is 79.0 cm³/mol. The Hall–Kier alpha value is -0.950. The third-order valence-corrected chi connectivity index (χ3v) is 4.26. The molecule has 0 aromatic heterocycles. The van der Waals surface area contributed by atoms with Crippen LogP contribution in [0.1, 0.15) is 32.1 Å². The van der Waals surface area contributed by atoms with E-state index in [1.165, 1.54) is 4.90 Å². The number of amides is 2. The highest BCUT2D eigenvalue weighted by atomic mass is 32.2. The quantitative estimate of drug-likeness (QED) is 0.656. The molecule has 1 atom stereocenters. The van der Waals surface area contributed by atoms with Crippen LogP contribution in [0.4, 0.5) is 4.79 Å². The first-order valence-electron chi connectivity index (χ1n) is 6.84. The summed E-state index contributed by atoms with van der Waals surface area (Å²) in [6, 6.07) is -1.32. The van der Waals surface area contributed by atoms with Gasteiger partial charge >= 0.3 is 12.0 Å². The molecule has 6 nitrogen and oxygen atoms in total. The van der Waals surface area contributed by atoms with Gasteiger partial charge < -0.3 is 20.4 Å². The monoisotopic (exact) mass is 304 g/mol. The number of hydrogen-bond acceptors (Lipinski definition) is 4. The van der Waals surface area contributed by atoms with Gasteiger partial charge in [-0.15, -0.1) is 0 Å². The molecule has 20 heavy (non-hydrogen) atoms. The lowest BCUT2D eigenvalue weighted by molar-refractivity contribution is -0.139. The molecule has 116 valence electrons. The summed E-state index contributed by atoms with van der Waals surface area (Å²) in [5.74, 6) is -0.356. The Morgan fingerprint density at radius 2 is 2.00 bits per heavy atom. The fourth-order valence-electron chi connectivity index (χ4n) is 2.46. The lowest BCUT2D eigenvalue weighted by Gasteiger charge is -2.29. The summed E-state index contributed by atoms with van der Waals surface area (Å²) in [5.41, 5.74) is -0.815. The Morgan fingerprint density at radius 1 is 1.40 bits per heavy atom. The molecule has 1 aliphatic carbocycles. The average molecular weight is 304 g/mol. The first-order valence-corrected chi connectivity index (χ1v) is 8.23. The van der Waals surface area contributed by atoms with E-state index in [2.05, 4.69) is 5.32 Å². The van der Waals surface area contributed by atoms with E-state index in [1.54, 1.807) is 18.8 Å². The van der Waals surface area contributed by atoms with E-state index in [-0.39, 0.29) is 6.54 Å². The molecule has 1 aliphatic rings. The molecule has 1 rings (SSSR count). The van der Waals surface area contributed by atoms with Crippen molar-refractivity contribution in [1.29, 1.82) is 0 Å². The van der Waals surface area contributed by atoms with Crippen LogP contribution in [0.5, 0.6) is 0 Å². The number of nitrogens with one attached hydrogen (secondary N) is 1. The van der Waals surface area contributed by atoms with Gasteiger partial charge in [0.05, 0.1) is 12.1 Å². The van der Waals surface area contributed by atoms with Crippen LogP contribution in [0.3, 0.4) is 0 Å². The second-order valence-electron chi connectivity index (χ2n) is 5.41. The van der Waals surface area contributed by atoms with Crippen molar-refractivity contribution in [2.75, 3.05) is 25.6 Å². The molecule has 0 unspecified atom stereocenters. The second-order valence-corrected chi connectivity index (χ2v) is 6.39. The van der Waals surface area contributed by atoms with Gasteiger partial charge in [0.15, 0.2) is 0 Å². The third-order valence-electron chi connectivity index (χ3n) is 3.62. The average Bonchev–Trinajstić information content (AvgIpc) is 2.80. The van der Waals surface area contributed by atoms with Crippen molar-refractivity contribution in [2.45, 2.75) is 43.7 Å². The molecule has 0 spiro atoms. The molecule has 0 bridgehead atoms. The summed E-state index contributed by atoms with van der Waals surface area (Å²) >= 11 is 1.54. The van der Waals surface area contributed by atoms with Crippen LogP contribution in [-0.4, -0.2) is 64.4 Å². The van der Waals surface area contributed by atoms with Gasteiger partial charge in [-0.3, -0.25) is 0 Å². The largest absolute Gasteiger partial charge is 0.480 e. The van der Waals surface area contributed by atoms with E-state index in [4.69, 9.17) is 5.11 Å². The SMILES string of the molecule is CSCC[C@H](NC(=O)N(C)CC1(O)CCCC1)C(=O)O. The van der Waals surface area contributed by atoms with Gasteiger partial charge in [0.25, 0.3) is 0 Å².